The van der Waals surface area contributed by atoms with E-state index in [1.165, 1.54) is 12.2 Å². The molecule has 0 heterocycles. The maximum Gasteiger partial charge on any atom is 0.338 e. The van der Waals surface area contributed by atoms with Crippen molar-refractivity contribution in [2.24, 2.45) is 0 Å². The van der Waals surface area contributed by atoms with Crippen LogP contribution in [0.5, 0.6) is 0 Å². The van der Waals surface area contributed by atoms with Crippen LogP contribution in [-0.2, 0) is 14.3 Å². The molecule has 0 unspecified atom stereocenters. The summed E-state index contributed by atoms with van der Waals surface area (Å²) in [4.78, 5) is 22.3. The Bertz CT molecular complexity index is 249. The summed E-state index contributed by atoms with van der Waals surface area (Å²) < 4.78 is 4.56. The van der Waals surface area contributed by atoms with E-state index in [1.54, 1.807) is 12.2 Å². The summed E-state index contributed by atoms with van der Waals surface area (Å²) in [6, 6.07) is 0. The Morgan fingerprint density at radius 3 is 1.65 bits per heavy atom. The standard InChI is InChI=1S/C14H22O3/c1-3-5-7-9-11-13(15)17-14(16)12-10-8-6-4-2/h9-12H,3-8H2,1-2H3. The van der Waals surface area contributed by atoms with Gasteiger partial charge in [-0.2, -0.15) is 0 Å². The van der Waals surface area contributed by atoms with Gasteiger partial charge in [0, 0.05) is 12.2 Å². The van der Waals surface area contributed by atoms with Crippen molar-refractivity contribution in [2.45, 2.75) is 52.4 Å². The van der Waals surface area contributed by atoms with Gasteiger partial charge in [0.2, 0.25) is 0 Å². The van der Waals surface area contributed by atoms with E-state index >= 15 is 0 Å². The van der Waals surface area contributed by atoms with Crippen LogP contribution in [-0.4, -0.2) is 11.9 Å². The fraction of sp³-hybridized carbons (Fsp3) is 0.571. The molecule has 3 heteroatoms. The number of allylic oxidation sites excluding steroid dienone is 2. The quantitative estimate of drug-likeness (QED) is 0.281. The van der Waals surface area contributed by atoms with Crippen molar-refractivity contribution in [1.29, 1.82) is 0 Å². The molecule has 17 heavy (non-hydrogen) atoms. The third kappa shape index (κ3) is 10.9. The largest absolute Gasteiger partial charge is 0.387 e. The van der Waals surface area contributed by atoms with Crippen molar-refractivity contribution in [3.8, 4) is 0 Å². The molecular weight excluding hydrogens is 216 g/mol. The number of unbranched alkanes of at least 4 members (excludes halogenated alkanes) is 4. The number of esters is 2. The summed E-state index contributed by atoms with van der Waals surface area (Å²) in [6.07, 6.45) is 12.0. The first kappa shape index (κ1) is 15.6. The molecule has 0 amide bonds. The Balaban J connectivity index is 3.76. The first-order chi connectivity index (χ1) is 8.20. The molecule has 0 aromatic carbocycles. The van der Waals surface area contributed by atoms with E-state index in [1.807, 2.05) is 0 Å². The highest BCUT2D eigenvalue weighted by atomic mass is 16.6. The van der Waals surface area contributed by atoms with Gasteiger partial charge in [0.25, 0.3) is 0 Å². The Hall–Kier alpha value is -1.38. The molecule has 0 saturated heterocycles. The zero-order valence-corrected chi connectivity index (χ0v) is 10.8. The van der Waals surface area contributed by atoms with Gasteiger partial charge in [0.1, 0.15) is 0 Å². The van der Waals surface area contributed by atoms with E-state index in [2.05, 4.69) is 18.6 Å². The normalized spacial score (nSPS) is 11.2. The first-order valence-electron chi connectivity index (χ1n) is 6.29. The molecule has 96 valence electrons. The molecule has 3 nitrogen and oxygen atoms in total. The predicted octanol–water partition coefficient (Wildman–Crippen LogP) is 3.55. The second kappa shape index (κ2) is 11.1. The van der Waals surface area contributed by atoms with Crippen LogP contribution in [0.2, 0.25) is 0 Å². The molecule has 0 aliphatic heterocycles. The molecule has 0 N–H and O–H groups in total. The lowest BCUT2D eigenvalue weighted by atomic mass is 10.2. The predicted molar refractivity (Wildman–Crippen MR) is 68.4 cm³/mol. The SMILES string of the molecule is CCCCC=CC(=O)OC(=O)C=CCCCC. The van der Waals surface area contributed by atoms with E-state index in [9.17, 15) is 9.59 Å². The van der Waals surface area contributed by atoms with Crippen LogP contribution in [0.4, 0.5) is 0 Å². The van der Waals surface area contributed by atoms with Crippen LogP contribution in [0.15, 0.2) is 24.3 Å². The number of rotatable bonds is 8. The highest BCUT2D eigenvalue weighted by Crippen LogP contribution is 1.97. The highest BCUT2D eigenvalue weighted by Gasteiger charge is 2.02. The Labute approximate surface area is 104 Å². The molecule has 0 radical (unpaired) electrons. The molecule has 0 saturated carbocycles. The van der Waals surface area contributed by atoms with Crippen LogP contribution in [0.25, 0.3) is 0 Å². The van der Waals surface area contributed by atoms with Crippen molar-refractivity contribution in [3.05, 3.63) is 24.3 Å². The number of carbonyl (C=O) groups excluding carboxylic acids is 2. The lowest BCUT2D eigenvalue weighted by Crippen LogP contribution is -2.06. The zero-order valence-electron chi connectivity index (χ0n) is 10.8. The van der Waals surface area contributed by atoms with E-state index in [-0.39, 0.29) is 0 Å². The van der Waals surface area contributed by atoms with Gasteiger partial charge >= 0.3 is 11.9 Å². The lowest BCUT2D eigenvalue weighted by molar-refractivity contribution is -0.152. The number of hydrogen-bond acceptors (Lipinski definition) is 3. The number of ether oxygens (including phenoxy) is 1. The zero-order chi connectivity index (χ0) is 12.9. The van der Waals surface area contributed by atoms with Gasteiger partial charge in [-0.05, 0) is 12.8 Å². The van der Waals surface area contributed by atoms with Crippen LogP contribution in [0.3, 0.4) is 0 Å². The lowest BCUT2D eigenvalue weighted by Gasteiger charge is -1.94. The third-order valence-electron chi connectivity index (χ3n) is 2.16. The van der Waals surface area contributed by atoms with Crippen LogP contribution >= 0.6 is 0 Å². The summed E-state index contributed by atoms with van der Waals surface area (Å²) in [5, 5.41) is 0. The van der Waals surface area contributed by atoms with Crippen LogP contribution in [0.1, 0.15) is 52.4 Å². The molecule has 0 rings (SSSR count). The third-order valence-corrected chi connectivity index (χ3v) is 2.16. The fourth-order valence-electron chi connectivity index (χ4n) is 1.17. The second-order valence-electron chi connectivity index (χ2n) is 3.83. The maximum atomic E-state index is 11.1. The second-order valence-corrected chi connectivity index (χ2v) is 3.83. The minimum Gasteiger partial charge on any atom is -0.387 e. The molecule has 0 atom stereocenters. The van der Waals surface area contributed by atoms with E-state index < -0.39 is 11.9 Å². The molecule has 0 aromatic rings. The minimum atomic E-state index is -0.591. The average Bonchev–Trinajstić information content (AvgIpc) is 2.30. The van der Waals surface area contributed by atoms with Crippen molar-refractivity contribution >= 4 is 11.9 Å². The van der Waals surface area contributed by atoms with Gasteiger partial charge in [0.05, 0.1) is 0 Å². The summed E-state index contributed by atoms with van der Waals surface area (Å²) in [7, 11) is 0. The monoisotopic (exact) mass is 238 g/mol. The highest BCUT2D eigenvalue weighted by molar-refractivity contribution is 5.96. The van der Waals surface area contributed by atoms with Gasteiger partial charge in [-0.1, -0.05) is 51.7 Å². The maximum absolute atomic E-state index is 11.1. The average molecular weight is 238 g/mol. The van der Waals surface area contributed by atoms with Crippen molar-refractivity contribution in [2.75, 3.05) is 0 Å². The van der Waals surface area contributed by atoms with E-state index in [0.717, 1.165) is 38.5 Å². The van der Waals surface area contributed by atoms with E-state index in [4.69, 9.17) is 0 Å². The Morgan fingerprint density at radius 2 is 1.29 bits per heavy atom. The van der Waals surface area contributed by atoms with Gasteiger partial charge in [0.15, 0.2) is 0 Å². The van der Waals surface area contributed by atoms with Gasteiger partial charge < -0.3 is 4.74 Å². The van der Waals surface area contributed by atoms with Gasteiger partial charge in [-0.25, -0.2) is 9.59 Å². The summed E-state index contributed by atoms with van der Waals surface area (Å²) in [6.45, 7) is 4.16. The van der Waals surface area contributed by atoms with Crippen molar-refractivity contribution < 1.29 is 14.3 Å². The first-order valence-corrected chi connectivity index (χ1v) is 6.29. The fourth-order valence-corrected chi connectivity index (χ4v) is 1.17. The summed E-state index contributed by atoms with van der Waals surface area (Å²) in [5.74, 6) is -1.18. The van der Waals surface area contributed by atoms with Crippen LogP contribution in [0, 0.1) is 0 Å². The molecule has 0 aromatic heterocycles. The molecular formula is C14H22O3. The molecule has 0 aliphatic rings. The Morgan fingerprint density at radius 1 is 0.882 bits per heavy atom. The van der Waals surface area contributed by atoms with Crippen LogP contribution < -0.4 is 0 Å². The molecule has 0 bridgehead atoms. The minimum absolute atomic E-state index is 0.591. The van der Waals surface area contributed by atoms with Crippen molar-refractivity contribution in [1.82, 2.24) is 0 Å². The molecule has 0 spiro atoms. The van der Waals surface area contributed by atoms with Crippen molar-refractivity contribution in [3.63, 3.8) is 0 Å². The van der Waals surface area contributed by atoms with E-state index in [0.29, 0.717) is 0 Å². The molecule has 0 fully saturated rings. The summed E-state index contributed by atoms with van der Waals surface area (Å²) in [5.41, 5.74) is 0. The number of hydrogen-bond donors (Lipinski definition) is 0. The topological polar surface area (TPSA) is 43.4 Å². The number of carbonyl (C=O) groups is 2. The summed E-state index contributed by atoms with van der Waals surface area (Å²) >= 11 is 0. The van der Waals surface area contributed by atoms with Gasteiger partial charge in [-0.15, -0.1) is 0 Å². The van der Waals surface area contributed by atoms with Gasteiger partial charge in [-0.3, -0.25) is 0 Å². The molecule has 0 aliphatic carbocycles. The Kier molecular flexibility index (Phi) is 10.2. The smallest absolute Gasteiger partial charge is 0.338 e.